The second kappa shape index (κ2) is 6.47. The normalized spacial score (nSPS) is 11.9. The number of nitrogens with one attached hydrogen (secondary N) is 1. The largest absolute Gasteiger partial charge is 0.312 e. The molecule has 23 heavy (non-hydrogen) atoms. The summed E-state index contributed by atoms with van der Waals surface area (Å²) in [7, 11) is -3.55. The van der Waals surface area contributed by atoms with Gasteiger partial charge in [0.25, 0.3) is 0 Å². The maximum absolute atomic E-state index is 12.3. The third-order valence-electron chi connectivity index (χ3n) is 3.50. The molecule has 0 saturated carbocycles. The van der Waals surface area contributed by atoms with E-state index < -0.39 is 10.0 Å². The Balaban J connectivity index is 1.88. The fourth-order valence-corrected chi connectivity index (χ4v) is 3.44. The molecule has 0 aliphatic rings. The molecule has 2 heterocycles. The van der Waals surface area contributed by atoms with Crippen molar-refractivity contribution in [1.82, 2.24) is 19.3 Å². The molecule has 0 radical (unpaired) electrons. The lowest BCUT2D eigenvalue weighted by molar-refractivity contribution is 0.573. The summed E-state index contributed by atoms with van der Waals surface area (Å²) in [6.07, 6.45) is 2.63. The summed E-state index contributed by atoms with van der Waals surface area (Å²) in [5.41, 5.74) is 1.55. The second-order valence-corrected chi connectivity index (χ2v) is 6.93. The fourth-order valence-electron chi connectivity index (χ4n) is 2.44. The van der Waals surface area contributed by atoms with Crippen molar-refractivity contribution < 1.29 is 8.42 Å². The average molecular weight is 330 g/mol. The smallest absolute Gasteiger partial charge is 0.240 e. The second-order valence-electron chi connectivity index (χ2n) is 5.16. The molecule has 7 heteroatoms. The molecule has 0 fully saturated rings. The Morgan fingerprint density at radius 2 is 1.91 bits per heavy atom. The first-order chi connectivity index (χ1) is 11.1. The van der Waals surface area contributed by atoms with E-state index in [1.165, 1.54) is 0 Å². The van der Waals surface area contributed by atoms with Crippen LogP contribution in [-0.4, -0.2) is 23.0 Å². The van der Waals surface area contributed by atoms with E-state index in [2.05, 4.69) is 21.6 Å². The predicted octanol–water partition coefficient (Wildman–Crippen LogP) is 2.32. The summed E-state index contributed by atoms with van der Waals surface area (Å²) in [5.74, 6) is 0.667. The molecule has 3 rings (SSSR count). The minimum atomic E-state index is -3.55. The van der Waals surface area contributed by atoms with Gasteiger partial charge < -0.3 is 4.57 Å². The zero-order chi connectivity index (χ0) is 16.3. The molecule has 6 nitrogen and oxygen atoms in total. The van der Waals surface area contributed by atoms with Crippen LogP contribution in [0.5, 0.6) is 0 Å². The van der Waals surface area contributed by atoms with Crippen LogP contribution in [0.3, 0.4) is 0 Å². The molecule has 2 aromatic heterocycles. The van der Waals surface area contributed by atoms with Crippen LogP contribution in [0.1, 0.15) is 19.2 Å². The minimum absolute atomic E-state index is 0.133. The van der Waals surface area contributed by atoms with Crippen LogP contribution in [0.2, 0.25) is 0 Å². The number of imidazole rings is 1. The van der Waals surface area contributed by atoms with Gasteiger partial charge in [0.2, 0.25) is 10.0 Å². The van der Waals surface area contributed by atoms with Gasteiger partial charge in [0.1, 0.15) is 11.3 Å². The van der Waals surface area contributed by atoms with Gasteiger partial charge in [-0.1, -0.05) is 25.1 Å². The highest BCUT2D eigenvalue weighted by atomic mass is 32.2. The lowest BCUT2D eigenvalue weighted by Gasteiger charge is -2.09. The Kier molecular flexibility index (Phi) is 4.40. The first-order valence-corrected chi connectivity index (χ1v) is 8.95. The molecular formula is C16H18N4O2S. The van der Waals surface area contributed by atoms with Gasteiger partial charge in [-0.05, 0) is 30.7 Å². The van der Waals surface area contributed by atoms with E-state index in [9.17, 15) is 8.42 Å². The van der Waals surface area contributed by atoms with E-state index in [4.69, 9.17) is 0 Å². The van der Waals surface area contributed by atoms with E-state index >= 15 is 0 Å². The number of fused-ring (bicyclic) bond motifs is 1. The highest BCUT2D eigenvalue weighted by Gasteiger charge is 2.16. The molecule has 0 spiro atoms. The van der Waals surface area contributed by atoms with Crippen molar-refractivity contribution in [1.29, 1.82) is 0 Å². The standard InChI is InChI=1S/C16H18N4O2S/c1-2-11-20-15(19-14-9-6-10-17-16(14)20)12-18-23(21,22)13-7-4-3-5-8-13/h3-10,18H,2,11-12H2,1H3. The number of rotatable bonds is 6. The van der Waals surface area contributed by atoms with E-state index in [1.54, 1.807) is 36.5 Å². The monoisotopic (exact) mass is 330 g/mol. The van der Waals surface area contributed by atoms with E-state index in [0.29, 0.717) is 5.82 Å². The molecule has 0 saturated heterocycles. The van der Waals surface area contributed by atoms with Gasteiger partial charge >= 0.3 is 0 Å². The fraction of sp³-hybridized carbons (Fsp3) is 0.250. The van der Waals surface area contributed by atoms with Gasteiger partial charge in [0.05, 0.1) is 11.4 Å². The third-order valence-corrected chi connectivity index (χ3v) is 4.92. The molecule has 0 unspecified atom stereocenters. The van der Waals surface area contributed by atoms with Crippen molar-refractivity contribution in [2.75, 3.05) is 0 Å². The molecule has 1 N–H and O–H groups in total. The molecule has 0 amide bonds. The number of benzene rings is 1. The zero-order valence-corrected chi connectivity index (χ0v) is 13.6. The molecule has 120 valence electrons. The Labute approximate surface area is 135 Å². The summed E-state index contributed by atoms with van der Waals surface area (Å²) < 4.78 is 29.2. The van der Waals surface area contributed by atoms with Gasteiger partial charge in [0, 0.05) is 12.7 Å². The Hall–Kier alpha value is -2.25. The van der Waals surface area contributed by atoms with Crippen LogP contribution < -0.4 is 4.72 Å². The zero-order valence-electron chi connectivity index (χ0n) is 12.8. The number of pyridine rings is 1. The summed E-state index contributed by atoms with van der Waals surface area (Å²) >= 11 is 0. The molecule has 1 aromatic carbocycles. The summed E-state index contributed by atoms with van der Waals surface area (Å²) in [5, 5.41) is 0. The van der Waals surface area contributed by atoms with Crippen molar-refractivity contribution >= 4 is 21.2 Å². The number of nitrogens with zero attached hydrogens (tertiary/aromatic N) is 3. The molecular weight excluding hydrogens is 312 g/mol. The van der Waals surface area contributed by atoms with Crippen molar-refractivity contribution in [2.24, 2.45) is 0 Å². The quantitative estimate of drug-likeness (QED) is 0.752. The maximum atomic E-state index is 12.3. The minimum Gasteiger partial charge on any atom is -0.312 e. The van der Waals surface area contributed by atoms with Gasteiger partial charge in [-0.2, -0.15) is 0 Å². The summed E-state index contributed by atoms with van der Waals surface area (Å²) in [6.45, 7) is 2.94. The number of aryl methyl sites for hydroxylation is 1. The average Bonchev–Trinajstić information content (AvgIpc) is 2.92. The van der Waals surface area contributed by atoms with Crippen LogP contribution in [0.15, 0.2) is 53.6 Å². The highest BCUT2D eigenvalue weighted by Crippen LogP contribution is 2.15. The van der Waals surface area contributed by atoms with Crippen molar-refractivity contribution in [3.8, 4) is 0 Å². The first kappa shape index (κ1) is 15.6. The van der Waals surface area contributed by atoms with Crippen LogP contribution in [0.4, 0.5) is 0 Å². The first-order valence-electron chi connectivity index (χ1n) is 7.46. The molecule has 0 atom stereocenters. The van der Waals surface area contributed by atoms with Crippen molar-refractivity contribution in [3.05, 3.63) is 54.5 Å². The number of sulfonamides is 1. The Bertz CT molecular complexity index is 904. The van der Waals surface area contributed by atoms with Crippen LogP contribution >= 0.6 is 0 Å². The number of hydrogen-bond acceptors (Lipinski definition) is 4. The van der Waals surface area contributed by atoms with Crippen molar-refractivity contribution in [3.63, 3.8) is 0 Å². The number of aromatic nitrogens is 3. The topological polar surface area (TPSA) is 76.9 Å². The lowest BCUT2D eigenvalue weighted by Crippen LogP contribution is -2.25. The molecule has 0 aliphatic heterocycles. The van der Waals surface area contributed by atoms with Gasteiger partial charge in [-0.25, -0.2) is 23.1 Å². The number of hydrogen-bond donors (Lipinski definition) is 1. The molecule has 3 aromatic rings. The third kappa shape index (κ3) is 3.25. The van der Waals surface area contributed by atoms with Gasteiger partial charge in [-0.15, -0.1) is 0 Å². The Morgan fingerprint density at radius 3 is 2.65 bits per heavy atom. The predicted molar refractivity (Wildman–Crippen MR) is 88.3 cm³/mol. The summed E-state index contributed by atoms with van der Waals surface area (Å²) in [4.78, 5) is 9.09. The Morgan fingerprint density at radius 1 is 1.13 bits per heavy atom. The highest BCUT2D eigenvalue weighted by molar-refractivity contribution is 7.89. The van der Waals surface area contributed by atoms with Crippen LogP contribution in [0, 0.1) is 0 Å². The van der Waals surface area contributed by atoms with Crippen LogP contribution in [-0.2, 0) is 23.1 Å². The van der Waals surface area contributed by atoms with Crippen molar-refractivity contribution in [2.45, 2.75) is 31.3 Å². The maximum Gasteiger partial charge on any atom is 0.240 e. The SMILES string of the molecule is CCCn1c(CNS(=O)(=O)c2ccccc2)nc2cccnc21. The van der Waals surface area contributed by atoms with E-state index in [-0.39, 0.29) is 11.4 Å². The van der Waals surface area contributed by atoms with Crippen LogP contribution in [0.25, 0.3) is 11.2 Å². The summed E-state index contributed by atoms with van der Waals surface area (Å²) in [6, 6.07) is 12.0. The lowest BCUT2D eigenvalue weighted by atomic mass is 10.4. The van der Waals surface area contributed by atoms with Gasteiger partial charge in [0.15, 0.2) is 5.65 Å². The molecule has 0 bridgehead atoms. The van der Waals surface area contributed by atoms with Gasteiger partial charge in [-0.3, -0.25) is 0 Å². The van der Waals surface area contributed by atoms with E-state index in [0.717, 1.165) is 24.1 Å². The van der Waals surface area contributed by atoms with E-state index in [1.807, 2.05) is 16.7 Å². The molecule has 0 aliphatic carbocycles.